The van der Waals surface area contributed by atoms with Gasteiger partial charge in [-0.1, -0.05) is 22.9 Å². The van der Waals surface area contributed by atoms with E-state index in [1.54, 1.807) is 11.3 Å². The standard InChI is InChI=1S/C11H14ClN3S/c1-15(2)6-5-13-11-14-9-7-8(12)3-4-10(9)16-11/h3-4,7H,5-6H2,1-2H3,(H,13,14). The van der Waals surface area contributed by atoms with Gasteiger partial charge in [0.15, 0.2) is 5.13 Å². The van der Waals surface area contributed by atoms with E-state index in [0.717, 1.165) is 33.5 Å². The van der Waals surface area contributed by atoms with Gasteiger partial charge in [0.2, 0.25) is 0 Å². The van der Waals surface area contributed by atoms with Gasteiger partial charge in [-0.25, -0.2) is 4.98 Å². The molecule has 1 aromatic carbocycles. The summed E-state index contributed by atoms with van der Waals surface area (Å²) >= 11 is 7.57. The minimum absolute atomic E-state index is 0.734. The van der Waals surface area contributed by atoms with Crippen molar-refractivity contribution in [3.8, 4) is 0 Å². The van der Waals surface area contributed by atoms with Crippen molar-refractivity contribution in [2.45, 2.75) is 0 Å². The lowest BCUT2D eigenvalue weighted by molar-refractivity contribution is 0.425. The maximum atomic E-state index is 5.91. The van der Waals surface area contributed by atoms with Gasteiger partial charge < -0.3 is 10.2 Å². The summed E-state index contributed by atoms with van der Waals surface area (Å²) in [5, 5.41) is 5.00. The van der Waals surface area contributed by atoms with E-state index in [1.807, 2.05) is 18.2 Å². The number of likely N-dealkylation sites (N-methyl/N-ethyl adjacent to an activating group) is 1. The van der Waals surface area contributed by atoms with Gasteiger partial charge in [-0.2, -0.15) is 0 Å². The number of benzene rings is 1. The van der Waals surface area contributed by atoms with Crippen molar-refractivity contribution >= 4 is 38.3 Å². The van der Waals surface area contributed by atoms with Crippen molar-refractivity contribution in [2.24, 2.45) is 0 Å². The second kappa shape index (κ2) is 4.99. The van der Waals surface area contributed by atoms with E-state index in [0.29, 0.717) is 0 Å². The normalized spacial score (nSPS) is 11.2. The summed E-state index contributed by atoms with van der Waals surface area (Å²) in [4.78, 5) is 6.61. The Bertz CT molecular complexity index is 481. The number of thiazole rings is 1. The molecular formula is C11H14ClN3S. The fourth-order valence-corrected chi connectivity index (χ4v) is 2.40. The van der Waals surface area contributed by atoms with Crippen LogP contribution in [0.15, 0.2) is 18.2 Å². The second-order valence-electron chi connectivity index (χ2n) is 3.86. The largest absolute Gasteiger partial charge is 0.360 e. The third-order valence-corrected chi connectivity index (χ3v) is 3.41. The minimum atomic E-state index is 0.734. The highest BCUT2D eigenvalue weighted by atomic mass is 35.5. The number of rotatable bonds is 4. The Hall–Kier alpha value is -0.840. The van der Waals surface area contributed by atoms with E-state index in [2.05, 4.69) is 29.3 Å². The predicted molar refractivity (Wildman–Crippen MR) is 71.7 cm³/mol. The van der Waals surface area contributed by atoms with Crippen LogP contribution in [0.1, 0.15) is 0 Å². The molecule has 0 fully saturated rings. The average Bonchev–Trinajstić information content (AvgIpc) is 2.58. The molecule has 0 atom stereocenters. The SMILES string of the molecule is CN(C)CCNc1nc2cc(Cl)ccc2s1. The van der Waals surface area contributed by atoms with E-state index >= 15 is 0 Å². The first-order chi connectivity index (χ1) is 7.65. The zero-order valence-electron chi connectivity index (χ0n) is 9.33. The lowest BCUT2D eigenvalue weighted by atomic mass is 10.3. The Morgan fingerprint density at radius 2 is 2.25 bits per heavy atom. The van der Waals surface area contributed by atoms with Crippen molar-refractivity contribution in [3.05, 3.63) is 23.2 Å². The van der Waals surface area contributed by atoms with Crippen LogP contribution in [-0.2, 0) is 0 Å². The summed E-state index contributed by atoms with van der Waals surface area (Å²) in [6.45, 7) is 1.90. The molecule has 1 heterocycles. The molecule has 0 radical (unpaired) electrons. The Kier molecular flexibility index (Phi) is 3.63. The van der Waals surface area contributed by atoms with Crippen molar-refractivity contribution in [3.63, 3.8) is 0 Å². The monoisotopic (exact) mass is 255 g/mol. The molecule has 0 unspecified atom stereocenters. The number of anilines is 1. The van der Waals surface area contributed by atoms with E-state index in [-0.39, 0.29) is 0 Å². The molecule has 2 rings (SSSR count). The highest BCUT2D eigenvalue weighted by Crippen LogP contribution is 2.27. The Morgan fingerprint density at radius 3 is 3.00 bits per heavy atom. The molecular weight excluding hydrogens is 242 g/mol. The first kappa shape index (κ1) is 11.6. The number of nitrogens with one attached hydrogen (secondary N) is 1. The smallest absolute Gasteiger partial charge is 0.183 e. The highest BCUT2D eigenvalue weighted by Gasteiger charge is 2.03. The average molecular weight is 256 g/mol. The second-order valence-corrected chi connectivity index (χ2v) is 5.33. The lowest BCUT2D eigenvalue weighted by Crippen LogP contribution is -2.20. The summed E-state index contributed by atoms with van der Waals surface area (Å²) in [5.41, 5.74) is 0.963. The lowest BCUT2D eigenvalue weighted by Gasteiger charge is -2.08. The predicted octanol–water partition coefficient (Wildman–Crippen LogP) is 2.92. The van der Waals surface area contributed by atoms with E-state index in [4.69, 9.17) is 11.6 Å². The molecule has 1 N–H and O–H groups in total. The Morgan fingerprint density at radius 1 is 1.44 bits per heavy atom. The molecule has 0 aliphatic carbocycles. The summed E-state index contributed by atoms with van der Waals surface area (Å²) in [5.74, 6) is 0. The molecule has 2 aromatic rings. The van der Waals surface area contributed by atoms with Crippen LogP contribution in [0.3, 0.4) is 0 Å². The van der Waals surface area contributed by atoms with Gasteiger partial charge in [0.25, 0.3) is 0 Å². The molecule has 5 heteroatoms. The number of halogens is 1. The van der Waals surface area contributed by atoms with Crippen LogP contribution in [0.4, 0.5) is 5.13 Å². The van der Waals surface area contributed by atoms with Crippen LogP contribution >= 0.6 is 22.9 Å². The third kappa shape index (κ3) is 2.84. The molecule has 0 saturated carbocycles. The molecule has 0 amide bonds. The van der Waals surface area contributed by atoms with Crippen molar-refractivity contribution in [1.29, 1.82) is 0 Å². The zero-order chi connectivity index (χ0) is 11.5. The van der Waals surface area contributed by atoms with Crippen LogP contribution in [0, 0.1) is 0 Å². The first-order valence-corrected chi connectivity index (χ1v) is 6.29. The number of aromatic nitrogens is 1. The maximum absolute atomic E-state index is 5.91. The maximum Gasteiger partial charge on any atom is 0.183 e. The Balaban J connectivity index is 2.08. The van der Waals surface area contributed by atoms with Gasteiger partial charge in [-0.15, -0.1) is 0 Å². The van der Waals surface area contributed by atoms with Gasteiger partial charge in [0, 0.05) is 18.1 Å². The van der Waals surface area contributed by atoms with Crippen LogP contribution in [0.25, 0.3) is 10.2 Å². The van der Waals surface area contributed by atoms with Gasteiger partial charge >= 0.3 is 0 Å². The molecule has 0 bridgehead atoms. The van der Waals surface area contributed by atoms with Crippen molar-refractivity contribution in [2.75, 3.05) is 32.5 Å². The number of hydrogen-bond acceptors (Lipinski definition) is 4. The van der Waals surface area contributed by atoms with Crippen molar-refractivity contribution in [1.82, 2.24) is 9.88 Å². The fourth-order valence-electron chi connectivity index (χ4n) is 1.36. The summed E-state index contributed by atoms with van der Waals surface area (Å²) < 4.78 is 1.16. The summed E-state index contributed by atoms with van der Waals surface area (Å²) in [6, 6.07) is 5.79. The van der Waals surface area contributed by atoms with Crippen LogP contribution < -0.4 is 5.32 Å². The fraction of sp³-hybridized carbons (Fsp3) is 0.364. The summed E-state index contributed by atoms with van der Waals surface area (Å²) in [7, 11) is 4.11. The quantitative estimate of drug-likeness (QED) is 0.911. The molecule has 0 saturated heterocycles. The van der Waals surface area contributed by atoms with Crippen LogP contribution in [0.5, 0.6) is 0 Å². The van der Waals surface area contributed by atoms with Gasteiger partial charge in [-0.3, -0.25) is 0 Å². The van der Waals surface area contributed by atoms with Gasteiger partial charge in [0.1, 0.15) is 0 Å². The molecule has 3 nitrogen and oxygen atoms in total. The third-order valence-electron chi connectivity index (χ3n) is 2.18. The van der Waals surface area contributed by atoms with Crippen molar-refractivity contribution < 1.29 is 0 Å². The van der Waals surface area contributed by atoms with Gasteiger partial charge in [-0.05, 0) is 32.3 Å². The Labute approximate surface area is 104 Å². The number of fused-ring (bicyclic) bond motifs is 1. The number of hydrogen-bond donors (Lipinski definition) is 1. The first-order valence-electron chi connectivity index (χ1n) is 5.10. The van der Waals surface area contributed by atoms with Crippen LogP contribution in [0.2, 0.25) is 5.02 Å². The molecule has 0 aliphatic rings. The molecule has 86 valence electrons. The molecule has 1 aromatic heterocycles. The van der Waals surface area contributed by atoms with Gasteiger partial charge in [0.05, 0.1) is 10.2 Å². The zero-order valence-corrected chi connectivity index (χ0v) is 10.9. The highest BCUT2D eigenvalue weighted by molar-refractivity contribution is 7.22. The molecule has 0 spiro atoms. The minimum Gasteiger partial charge on any atom is -0.360 e. The summed E-state index contributed by atoms with van der Waals surface area (Å²) in [6.07, 6.45) is 0. The van der Waals surface area contributed by atoms with Crippen LogP contribution in [-0.4, -0.2) is 37.1 Å². The molecule has 16 heavy (non-hydrogen) atoms. The van der Waals surface area contributed by atoms with E-state index < -0.39 is 0 Å². The van der Waals surface area contributed by atoms with E-state index in [1.165, 1.54) is 0 Å². The molecule has 0 aliphatic heterocycles. The topological polar surface area (TPSA) is 28.2 Å². The van der Waals surface area contributed by atoms with E-state index in [9.17, 15) is 0 Å². The number of nitrogens with zero attached hydrogens (tertiary/aromatic N) is 2.